The van der Waals surface area contributed by atoms with Crippen LogP contribution in [-0.4, -0.2) is 26.2 Å². The van der Waals surface area contributed by atoms with Crippen LogP contribution in [0.2, 0.25) is 5.02 Å². The number of rotatable bonds is 4. The zero-order valence-corrected chi connectivity index (χ0v) is 13.4. The Morgan fingerprint density at radius 3 is 2.50 bits per heavy atom. The van der Waals surface area contributed by atoms with Gasteiger partial charge in [0.2, 0.25) is 0 Å². The summed E-state index contributed by atoms with van der Waals surface area (Å²) in [5.74, 6) is 0.249. The lowest BCUT2D eigenvalue weighted by molar-refractivity contribution is 0.0971. The van der Waals surface area contributed by atoms with Gasteiger partial charge in [0.1, 0.15) is 11.5 Å². The first-order chi connectivity index (χ1) is 10.5. The van der Waals surface area contributed by atoms with Gasteiger partial charge in [0.15, 0.2) is 0 Å². The van der Waals surface area contributed by atoms with Gasteiger partial charge in [-0.2, -0.15) is 0 Å². The Morgan fingerprint density at radius 1 is 1.18 bits per heavy atom. The number of thiophene rings is 1. The zero-order valence-electron chi connectivity index (χ0n) is 11.8. The molecule has 116 valence electrons. The van der Waals surface area contributed by atoms with Gasteiger partial charge in [0.05, 0.1) is 29.8 Å². The van der Waals surface area contributed by atoms with Gasteiger partial charge in [-0.25, -0.2) is 4.79 Å². The lowest BCUT2D eigenvalue weighted by atomic mass is 10.2. The third-order valence-electron chi connectivity index (χ3n) is 2.69. The van der Waals surface area contributed by atoms with Crippen LogP contribution in [0.15, 0.2) is 29.6 Å². The van der Waals surface area contributed by atoms with Crippen LogP contribution in [0.25, 0.3) is 0 Å². The minimum Gasteiger partial charge on any atom is -0.495 e. The van der Waals surface area contributed by atoms with Gasteiger partial charge < -0.3 is 14.8 Å². The zero-order chi connectivity index (χ0) is 16.1. The van der Waals surface area contributed by atoms with Gasteiger partial charge >= 0.3 is 6.03 Å². The number of hydrogen-bond acceptors (Lipinski definition) is 5. The molecule has 0 fully saturated rings. The number of hydrogen-bond donors (Lipinski definition) is 2. The quantitative estimate of drug-likeness (QED) is 0.894. The van der Waals surface area contributed by atoms with E-state index in [2.05, 4.69) is 10.6 Å². The SMILES string of the molecule is COc1cc(NC(=O)NC(=O)c2cccs2)c(OC)cc1Cl. The largest absolute Gasteiger partial charge is 0.495 e. The summed E-state index contributed by atoms with van der Waals surface area (Å²) in [7, 11) is 2.90. The van der Waals surface area contributed by atoms with Gasteiger partial charge in [-0.3, -0.25) is 10.1 Å². The van der Waals surface area contributed by atoms with Crippen molar-refractivity contribution in [2.24, 2.45) is 0 Å². The number of benzene rings is 1. The lowest BCUT2D eigenvalue weighted by Gasteiger charge is -2.13. The number of carbonyl (C=O) groups excluding carboxylic acids is 2. The van der Waals surface area contributed by atoms with E-state index in [0.29, 0.717) is 27.1 Å². The van der Waals surface area contributed by atoms with Gasteiger partial charge in [0, 0.05) is 12.1 Å². The van der Waals surface area contributed by atoms with Crippen LogP contribution in [0.4, 0.5) is 10.5 Å². The van der Waals surface area contributed by atoms with Crippen LogP contribution < -0.4 is 20.1 Å². The molecule has 1 heterocycles. The summed E-state index contributed by atoms with van der Waals surface area (Å²) < 4.78 is 10.2. The van der Waals surface area contributed by atoms with Gasteiger partial charge in [-0.1, -0.05) is 17.7 Å². The van der Waals surface area contributed by atoms with Crippen molar-refractivity contribution in [3.63, 3.8) is 0 Å². The van der Waals surface area contributed by atoms with Gasteiger partial charge in [0.25, 0.3) is 5.91 Å². The Labute approximate surface area is 136 Å². The molecule has 2 rings (SSSR count). The minimum atomic E-state index is -0.680. The maximum atomic E-state index is 11.9. The van der Waals surface area contributed by atoms with Crippen molar-refractivity contribution in [2.75, 3.05) is 19.5 Å². The van der Waals surface area contributed by atoms with Crippen LogP contribution in [-0.2, 0) is 0 Å². The van der Waals surface area contributed by atoms with Crippen molar-refractivity contribution in [3.8, 4) is 11.5 Å². The Morgan fingerprint density at radius 2 is 1.91 bits per heavy atom. The van der Waals surface area contributed by atoms with Crippen molar-refractivity contribution in [1.82, 2.24) is 5.32 Å². The van der Waals surface area contributed by atoms with Crippen molar-refractivity contribution in [1.29, 1.82) is 0 Å². The highest BCUT2D eigenvalue weighted by Gasteiger charge is 2.15. The van der Waals surface area contributed by atoms with Crippen LogP contribution in [0.3, 0.4) is 0 Å². The minimum absolute atomic E-state index is 0.334. The number of methoxy groups -OCH3 is 2. The standard InChI is InChI=1S/C14H13ClN2O4S/c1-20-10-7-9(11(21-2)6-8(10)15)16-14(19)17-13(18)12-4-3-5-22-12/h3-7H,1-2H3,(H2,16,17,18,19). The molecule has 0 aliphatic heterocycles. The highest BCUT2D eigenvalue weighted by molar-refractivity contribution is 7.12. The molecule has 6 nitrogen and oxygen atoms in total. The van der Waals surface area contributed by atoms with Crippen LogP contribution >= 0.6 is 22.9 Å². The fourth-order valence-corrected chi connectivity index (χ4v) is 2.53. The molecular weight excluding hydrogens is 328 g/mol. The number of ether oxygens (including phenoxy) is 2. The van der Waals surface area contributed by atoms with E-state index in [0.717, 1.165) is 0 Å². The molecule has 0 atom stereocenters. The van der Waals surface area contributed by atoms with Gasteiger partial charge in [-0.05, 0) is 11.4 Å². The maximum absolute atomic E-state index is 11.9. The summed E-state index contributed by atoms with van der Waals surface area (Å²) in [6.45, 7) is 0. The monoisotopic (exact) mass is 340 g/mol. The first-order valence-electron chi connectivity index (χ1n) is 6.12. The number of imide groups is 1. The molecule has 1 aromatic carbocycles. The number of carbonyl (C=O) groups is 2. The van der Waals surface area contributed by atoms with E-state index in [9.17, 15) is 9.59 Å². The third-order valence-corrected chi connectivity index (χ3v) is 3.86. The molecule has 0 radical (unpaired) electrons. The molecule has 1 aromatic heterocycles. The second-order valence-corrected chi connectivity index (χ2v) is 5.43. The topological polar surface area (TPSA) is 76.7 Å². The molecule has 0 saturated heterocycles. The molecule has 22 heavy (non-hydrogen) atoms. The van der Waals surface area contributed by atoms with Crippen molar-refractivity contribution in [2.45, 2.75) is 0 Å². The van der Waals surface area contributed by atoms with Crippen LogP contribution in [0.1, 0.15) is 9.67 Å². The van der Waals surface area contributed by atoms with Crippen molar-refractivity contribution >= 4 is 40.6 Å². The Balaban J connectivity index is 2.12. The summed E-state index contributed by atoms with van der Waals surface area (Å²) in [5.41, 5.74) is 0.334. The molecular formula is C14H13ClN2O4S. The van der Waals surface area contributed by atoms with E-state index in [4.69, 9.17) is 21.1 Å². The number of nitrogens with one attached hydrogen (secondary N) is 2. The van der Waals surface area contributed by atoms with Gasteiger partial charge in [-0.15, -0.1) is 11.3 Å². The molecule has 3 amide bonds. The molecule has 0 spiro atoms. The van der Waals surface area contributed by atoms with E-state index in [1.807, 2.05) is 0 Å². The highest BCUT2D eigenvalue weighted by Crippen LogP contribution is 2.35. The first-order valence-corrected chi connectivity index (χ1v) is 7.38. The third kappa shape index (κ3) is 3.69. The number of amides is 3. The van der Waals surface area contributed by atoms with E-state index < -0.39 is 11.9 Å². The Kier molecular flexibility index (Phi) is 5.24. The molecule has 0 bridgehead atoms. The Bertz CT molecular complexity index is 688. The van der Waals surface area contributed by atoms with E-state index in [1.165, 1.54) is 37.7 Å². The second kappa shape index (κ2) is 7.15. The number of anilines is 1. The average molecular weight is 341 g/mol. The van der Waals surface area contributed by atoms with E-state index >= 15 is 0 Å². The predicted octanol–water partition coefficient (Wildman–Crippen LogP) is 3.38. The van der Waals surface area contributed by atoms with Crippen LogP contribution in [0.5, 0.6) is 11.5 Å². The predicted molar refractivity (Wildman–Crippen MR) is 85.4 cm³/mol. The second-order valence-electron chi connectivity index (χ2n) is 4.07. The molecule has 0 aliphatic rings. The first kappa shape index (κ1) is 16.1. The lowest BCUT2D eigenvalue weighted by Crippen LogP contribution is -2.34. The Hall–Kier alpha value is -2.25. The summed E-state index contributed by atoms with van der Waals surface area (Å²) in [6, 6.07) is 5.69. The summed E-state index contributed by atoms with van der Waals surface area (Å²) in [5, 5.41) is 6.85. The van der Waals surface area contributed by atoms with E-state index in [-0.39, 0.29) is 0 Å². The molecule has 0 saturated carbocycles. The molecule has 0 unspecified atom stereocenters. The molecule has 8 heteroatoms. The normalized spacial score (nSPS) is 9.95. The average Bonchev–Trinajstić information content (AvgIpc) is 3.02. The maximum Gasteiger partial charge on any atom is 0.326 e. The highest BCUT2D eigenvalue weighted by atomic mass is 35.5. The van der Waals surface area contributed by atoms with Crippen molar-refractivity contribution < 1.29 is 19.1 Å². The fourth-order valence-electron chi connectivity index (χ4n) is 1.68. The number of urea groups is 1. The summed E-state index contributed by atoms with van der Waals surface area (Å²) in [4.78, 5) is 24.1. The summed E-state index contributed by atoms with van der Waals surface area (Å²) in [6.07, 6.45) is 0. The molecule has 0 aliphatic carbocycles. The van der Waals surface area contributed by atoms with Crippen molar-refractivity contribution in [3.05, 3.63) is 39.5 Å². The number of halogens is 1. The van der Waals surface area contributed by atoms with Crippen LogP contribution in [0, 0.1) is 0 Å². The van der Waals surface area contributed by atoms with E-state index in [1.54, 1.807) is 17.5 Å². The smallest absolute Gasteiger partial charge is 0.326 e. The summed E-state index contributed by atoms with van der Waals surface area (Å²) >= 11 is 7.22. The molecule has 2 aromatic rings. The molecule has 2 N–H and O–H groups in total. The fraction of sp³-hybridized carbons (Fsp3) is 0.143.